The van der Waals surface area contributed by atoms with Crippen molar-refractivity contribution in [2.45, 2.75) is 9.79 Å². The highest BCUT2D eigenvalue weighted by atomic mass is 32.2. The van der Waals surface area contributed by atoms with E-state index in [0.29, 0.717) is 0 Å². The van der Waals surface area contributed by atoms with E-state index in [0.717, 1.165) is 14.9 Å². The lowest BCUT2D eigenvalue weighted by Crippen LogP contribution is -1.79. The molecule has 0 bridgehead atoms. The maximum absolute atomic E-state index is 12.9. The highest BCUT2D eigenvalue weighted by Crippen LogP contribution is 2.28. The quantitative estimate of drug-likeness (QED) is 0.576. The van der Waals surface area contributed by atoms with Gasteiger partial charge in [0, 0.05) is 14.9 Å². The van der Waals surface area contributed by atoms with Crippen LogP contribution in [0, 0.1) is 11.6 Å². The summed E-state index contributed by atoms with van der Waals surface area (Å²) in [7, 11) is 0. The van der Waals surface area contributed by atoms with Gasteiger partial charge in [-0.3, -0.25) is 0 Å². The van der Waals surface area contributed by atoms with Gasteiger partial charge in [0.05, 0.1) is 0 Å². The topological polar surface area (TPSA) is 0 Å². The maximum Gasteiger partial charge on any atom is 0.124 e. The molecule has 0 aliphatic carbocycles. The van der Waals surface area contributed by atoms with Gasteiger partial charge in [-0.05, 0) is 36.4 Å². The number of rotatable bonds is 4. The van der Waals surface area contributed by atoms with Gasteiger partial charge in [-0.15, -0.1) is 23.5 Å². The summed E-state index contributed by atoms with van der Waals surface area (Å²) in [4.78, 5) is 1.77. The average Bonchev–Trinajstić information content (AvgIpc) is 2.29. The Morgan fingerprint density at radius 1 is 0.765 bits per heavy atom. The number of thioether (sulfide) groups is 2. The molecule has 2 rings (SSSR count). The number of hydrogen-bond donors (Lipinski definition) is 0. The van der Waals surface area contributed by atoms with Crippen molar-refractivity contribution in [2.75, 3.05) is 5.08 Å². The summed E-state index contributed by atoms with van der Waals surface area (Å²) in [6.07, 6.45) is 0. The molecule has 2 aromatic rings. The number of benzene rings is 2. The van der Waals surface area contributed by atoms with E-state index < -0.39 is 0 Å². The molecule has 0 fully saturated rings. The fourth-order valence-electron chi connectivity index (χ4n) is 1.28. The Balaban J connectivity index is 1.87. The Morgan fingerprint density at radius 2 is 1.24 bits per heavy atom. The van der Waals surface area contributed by atoms with Crippen molar-refractivity contribution in [3.05, 3.63) is 60.2 Å². The van der Waals surface area contributed by atoms with Crippen molar-refractivity contribution in [3.8, 4) is 0 Å². The third kappa shape index (κ3) is 4.06. The fraction of sp³-hybridized carbons (Fsp3) is 0.0769. The molecule has 0 aliphatic heterocycles. The smallest absolute Gasteiger partial charge is 0.124 e. The van der Waals surface area contributed by atoms with Gasteiger partial charge in [-0.25, -0.2) is 8.78 Å². The van der Waals surface area contributed by atoms with Crippen molar-refractivity contribution >= 4 is 23.5 Å². The van der Waals surface area contributed by atoms with Crippen LogP contribution < -0.4 is 0 Å². The molecule has 0 saturated carbocycles. The SMILES string of the molecule is Fc1cccc(SCSc2cccc(F)c2)c1. The van der Waals surface area contributed by atoms with E-state index in [4.69, 9.17) is 0 Å². The minimum absolute atomic E-state index is 0.231. The summed E-state index contributed by atoms with van der Waals surface area (Å²) >= 11 is 3.07. The summed E-state index contributed by atoms with van der Waals surface area (Å²) in [5, 5.41) is 0.729. The summed E-state index contributed by atoms with van der Waals surface area (Å²) < 4.78 is 25.8. The van der Waals surface area contributed by atoms with Gasteiger partial charge in [0.25, 0.3) is 0 Å². The number of halogens is 2. The number of hydrogen-bond acceptors (Lipinski definition) is 2. The predicted molar refractivity (Wildman–Crippen MR) is 69.4 cm³/mol. The Hall–Kier alpha value is -1.00. The van der Waals surface area contributed by atoms with E-state index in [-0.39, 0.29) is 11.6 Å². The van der Waals surface area contributed by atoms with E-state index in [1.807, 2.05) is 12.1 Å². The molecule has 0 aliphatic rings. The van der Waals surface area contributed by atoms with Crippen molar-refractivity contribution in [2.24, 2.45) is 0 Å². The first-order chi connectivity index (χ1) is 8.24. The van der Waals surface area contributed by atoms with Crippen LogP contribution in [0.5, 0.6) is 0 Å². The van der Waals surface area contributed by atoms with Crippen LogP contribution in [0.25, 0.3) is 0 Å². The average molecular weight is 268 g/mol. The van der Waals surface area contributed by atoms with Crippen molar-refractivity contribution in [1.29, 1.82) is 0 Å². The molecule has 4 heteroatoms. The molecule has 17 heavy (non-hydrogen) atoms. The van der Waals surface area contributed by atoms with E-state index in [2.05, 4.69) is 0 Å². The van der Waals surface area contributed by atoms with Gasteiger partial charge in [0.2, 0.25) is 0 Å². The molecule has 2 aromatic carbocycles. The molecule has 0 saturated heterocycles. The molecule has 0 radical (unpaired) electrons. The molecular formula is C13H10F2S2. The van der Waals surface area contributed by atoms with Gasteiger partial charge in [-0.2, -0.15) is 0 Å². The van der Waals surface area contributed by atoms with Crippen LogP contribution in [0.2, 0.25) is 0 Å². The zero-order chi connectivity index (χ0) is 12.1. The second-order valence-corrected chi connectivity index (χ2v) is 5.78. The Bertz CT molecular complexity index is 455. The van der Waals surface area contributed by atoms with Crippen molar-refractivity contribution in [3.63, 3.8) is 0 Å². The van der Waals surface area contributed by atoms with Crippen molar-refractivity contribution in [1.82, 2.24) is 0 Å². The minimum Gasteiger partial charge on any atom is -0.207 e. The Labute approximate surface area is 107 Å². The molecule has 88 valence electrons. The first-order valence-electron chi connectivity index (χ1n) is 5.01. The maximum atomic E-state index is 12.9. The Kier molecular flexibility index (Phi) is 4.45. The van der Waals surface area contributed by atoms with Gasteiger partial charge >= 0.3 is 0 Å². The molecule has 0 aromatic heterocycles. The van der Waals surface area contributed by atoms with Crippen LogP contribution >= 0.6 is 23.5 Å². The molecule has 0 amide bonds. The van der Waals surface area contributed by atoms with Crippen LogP contribution in [0.15, 0.2) is 58.3 Å². The van der Waals surface area contributed by atoms with Gasteiger partial charge in [-0.1, -0.05) is 12.1 Å². The lowest BCUT2D eigenvalue weighted by atomic mass is 10.4. The first kappa shape index (κ1) is 12.5. The van der Waals surface area contributed by atoms with Gasteiger partial charge in [0.15, 0.2) is 0 Å². The zero-order valence-corrected chi connectivity index (χ0v) is 10.5. The summed E-state index contributed by atoms with van der Waals surface area (Å²) in [6, 6.07) is 12.9. The normalized spacial score (nSPS) is 10.5. The zero-order valence-electron chi connectivity index (χ0n) is 8.90. The molecule has 0 N–H and O–H groups in total. The lowest BCUT2D eigenvalue weighted by molar-refractivity contribution is 0.624. The van der Waals surface area contributed by atoms with Crippen molar-refractivity contribution < 1.29 is 8.78 Å². The monoisotopic (exact) mass is 268 g/mol. The van der Waals surface area contributed by atoms with E-state index in [9.17, 15) is 8.78 Å². The fourth-order valence-corrected chi connectivity index (χ4v) is 3.34. The van der Waals surface area contributed by atoms with E-state index >= 15 is 0 Å². The molecule has 0 spiro atoms. The molecular weight excluding hydrogens is 258 g/mol. The van der Waals surface area contributed by atoms with E-state index in [1.54, 1.807) is 12.1 Å². The van der Waals surface area contributed by atoms with Crippen LogP contribution in [0.1, 0.15) is 0 Å². The first-order valence-corrected chi connectivity index (χ1v) is 6.98. The van der Waals surface area contributed by atoms with Crippen LogP contribution in [0.3, 0.4) is 0 Å². The Morgan fingerprint density at radius 3 is 1.65 bits per heavy atom. The molecule has 0 nitrogen and oxygen atoms in total. The lowest BCUT2D eigenvalue weighted by Gasteiger charge is -2.02. The molecule has 0 unspecified atom stereocenters. The van der Waals surface area contributed by atoms with E-state index in [1.165, 1.54) is 47.8 Å². The molecule has 0 atom stereocenters. The van der Waals surface area contributed by atoms with Crippen LogP contribution in [0.4, 0.5) is 8.78 Å². The standard InChI is InChI=1S/C13H10F2S2/c14-10-3-1-5-12(7-10)16-9-17-13-6-2-4-11(15)8-13/h1-8H,9H2. The minimum atomic E-state index is -0.231. The third-order valence-corrected chi connectivity index (χ3v) is 4.16. The summed E-state index contributed by atoms with van der Waals surface area (Å²) in [6.45, 7) is 0. The largest absolute Gasteiger partial charge is 0.207 e. The van der Waals surface area contributed by atoms with Crippen LogP contribution in [-0.4, -0.2) is 5.08 Å². The second kappa shape index (κ2) is 6.07. The van der Waals surface area contributed by atoms with Crippen LogP contribution in [-0.2, 0) is 0 Å². The molecule has 0 heterocycles. The van der Waals surface area contributed by atoms with Gasteiger partial charge in [0.1, 0.15) is 11.6 Å². The van der Waals surface area contributed by atoms with Gasteiger partial charge < -0.3 is 0 Å². The third-order valence-electron chi connectivity index (χ3n) is 2.04. The highest BCUT2D eigenvalue weighted by molar-refractivity contribution is 8.16. The summed E-state index contributed by atoms with van der Waals surface area (Å²) in [5.41, 5.74) is 0. The predicted octanol–water partition coefficient (Wildman–Crippen LogP) is 4.81. The highest BCUT2D eigenvalue weighted by Gasteiger charge is 1.99. The summed E-state index contributed by atoms with van der Waals surface area (Å²) in [5.74, 6) is -0.462. The second-order valence-electron chi connectivity index (χ2n) is 3.32.